The number of hydrogen-bond acceptors (Lipinski definition) is 5. The van der Waals surface area contributed by atoms with Gasteiger partial charge < -0.3 is 10.6 Å². The summed E-state index contributed by atoms with van der Waals surface area (Å²) in [4.78, 5) is 32.3. The largest absolute Gasteiger partial charge is 0.334 e. The van der Waals surface area contributed by atoms with Gasteiger partial charge in [0.25, 0.3) is 11.4 Å². The molecule has 9 nitrogen and oxygen atoms in total. The SMILES string of the molecule is O=C(NCc1ccccc1[N+](=O)[O-])Nc1ccc(Cl)c([N+](=O)[O-])c1. The summed E-state index contributed by atoms with van der Waals surface area (Å²) >= 11 is 5.68. The third-order valence-corrected chi connectivity index (χ3v) is 3.35. The monoisotopic (exact) mass is 350 g/mol. The number of urea groups is 1. The first-order valence-corrected chi connectivity index (χ1v) is 6.97. The Labute approximate surface area is 140 Å². The number of anilines is 1. The van der Waals surface area contributed by atoms with Gasteiger partial charge in [0.15, 0.2) is 0 Å². The Balaban J connectivity index is 2.03. The number of halogens is 1. The lowest BCUT2D eigenvalue weighted by molar-refractivity contribution is -0.385. The number of nitrogens with one attached hydrogen (secondary N) is 2. The van der Waals surface area contributed by atoms with Crippen molar-refractivity contribution in [3.63, 3.8) is 0 Å². The van der Waals surface area contributed by atoms with Crippen molar-refractivity contribution in [3.05, 3.63) is 73.3 Å². The van der Waals surface area contributed by atoms with Crippen LogP contribution in [-0.4, -0.2) is 15.9 Å². The summed E-state index contributed by atoms with van der Waals surface area (Å²) in [6.07, 6.45) is 0. The van der Waals surface area contributed by atoms with Crippen LogP contribution in [-0.2, 0) is 6.54 Å². The maximum Gasteiger partial charge on any atom is 0.319 e. The summed E-state index contributed by atoms with van der Waals surface area (Å²) < 4.78 is 0. The minimum Gasteiger partial charge on any atom is -0.334 e. The van der Waals surface area contributed by atoms with E-state index in [2.05, 4.69) is 10.6 Å². The topological polar surface area (TPSA) is 127 Å². The molecule has 0 saturated heterocycles. The maximum atomic E-state index is 11.8. The van der Waals surface area contributed by atoms with E-state index in [1.54, 1.807) is 6.07 Å². The highest BCUT2D eigenvalue weighted by atomic mass is 35.5. The molecule has 0 bridgehead atoms. The molecule has 0 aromatic heterocycles. The number of benzene rings is 2. The summed E-state index contributed by atoms with van der Waals surface area (Å²) in [7, 11) is 0. The Morgan fingerprint density at radius 1 is 1.04 bits per heavy atom. The van der Waals surface area contributed by atoms with Crippen LogP contribution in [0.5, 0.6) is 0 Å². The average Bonchev–Trinajstić information content (AvgIpc) is 2.54. The predicted octanol–water partition coefficient (Wildman–Crippen LogP) is 3.48. The first-order valence-electron chi connectivity index (χ1n) is 6.59. The number of nitro groups is 2. The van der Waals surface area contributed by atoms with E-state index in [4.69, 9.17) is 11.6 Å². The Bertz CT molecular complexity index is 812. The van der Waals surface area contributed by atoms with Gasteiger partial charge in [0.1, 0.15) is 5.02 Å². The van der Waals surface area contributed by atoms with Gasteiger partial charge in [-0.2, -0.15) is 0 Å². The van der Waals surface area contributed by atoms with Crippen LogP contribution in [0.1, 0.15) is 5.56 Å². The molecular weight excluding hydrogens is 340 g/mol. The van der Waals surface area contributed by atoms with E-state index in [1.165, 1.54) is 30.3 Å². The number of hydrogen-bond donors (Lipinski definition) is 2. The molecule has 0 spiro atoms. The van der Waals surface area contributed by atoms with Gasteiger partial charge in [-0.1, -0.05) is 29.8 Å². The fraction of sp³-hybridized carbons (Fsp3) is 0.0714. The Hall–Kier alpha value is -3.20. The zero-order valence-electron chi connectivity index (χ0n) is 12.1. The van der Waals surface area contributed by atoms with Crippen LogP contribution in [0.25, 0.3) is 0 Å². The van der Waals surface area contributed by atoms with Crippen LogP contribution < -0.4 is 10.6 Å². The number of para-hydroxylation sites is 1. The van der Waals surface area contributed by atoms with Crippen LogP contribution in [0.3, 0.4) is 0 Å². The second-order valence-corrected chi connectivity index (χ2v) is 5.02. The number of nitrogens with zero attached hydrogens (tertiary/aromatic N) is 2. The predicted molar refractivity (Wildman–Crippen MR) is 87.1 cm³/mol. The molecule has 0 unspecified atom stereocenters. The van der Waals surface area contributed by atoms with Gasteiger partial charge in [0.2, 0.25) is 0 Å². The van der Waals surface area contributed by atoms with Crippen LogP contribution in [0.15, 0.2) is 42.5 Å². The second kappa shape index (κ2) is 7.38. The highest BCUT2D eigenvalue weighted by molar-refractivity contribution is 6.32. The van der Waals surface area contributed by atoms with Gasteiger partial charge in [-0.3, -0.25) is 20.2 Å². The summed E-state index contributed by atoms with van der Waals surface area (Å²) in [6, 6.07) is 9.14. The summed E-state index contributed by atoms with van der Waals surface area (Å²) in [6.45, 7) is -0.0708. The van der Waals surface area contributed by atoms with E-state index < -0.39 is 15.9 Å². The van der Waals surface area contributed by atoms with E-state index in [0.29, 0.717) is 5.56 Å². The minimum atomic E-state index is -0.668. The summed E-state index contributed by atoms with van der Waals surface area (Å²) in [5.41, 5.74) is 0.0546. The van der Waals surface area contributed by atoms with Gasteiger partial charge in [-0.15, -0.1) is 0 Å². The highest BCUT2D eigenvalue weighted by Crippen LogP contribution is 2.27. The lowest BCUT2D eigenvalue weighted by Gasteiger charge is -2.08. The van der Waals surface area contributed by atoms with Crippen molar-refractivity contribution < 1.29 is 14.6 Å². The van der Waals surface area contributed by atoms with Crippen molar-refractivity contribution in [2.24, 2.45) is 0 Å². The Morgan fingerprint density at radius 2 is 1.71 bits per heavy atom. The molecule has 0 radical (unpaired) electrons. The molecule has 124 valence electrons. The zero-order valence-corrected chi connectivity index (χ0v) is 12.8. The standard InChI is InChI=1S/C14H11ClN4O5/c15-11-6-5-10(7-13(11)19(23)24)17-14(20)16-8-9-3-1-2-4-12(9)18(21)22/h1-7H,8H2,(H2,16,17,20). The molecule has 10 heteroatoms. The number of carbonyl (C=O) groups excluding carboxylic acids is 1. The van der Waals surface area contributed by atoms with E-state index in [1.807, 2.05) is 0 Å². The molecule has 2 rings (SSSR count). The average molecular weight is 351 g/mol. The summed E-state index contributed by atoms with van der Waals surface area (Å²) in [5, 5.41) is 26.5. The maximum absolute atomic E-state index is 11.8. The molecule has 2 aromatic carbocycles. The van der Waals surface area contributed by atoms with E-state index in [-0.39, 0.29) is 28.6 Å². The van der Waals surface area contributed by atoms with Gasteiger partial charge in [0, 0.05) is 23.4 Å². The van der Waals surface area contributed by atoms with Gasteiger partial charge in [-0.05, 0) is 12.1 Å². The van der Waals surface area contributed by atoms with Crippen molar-refractivity contribution in [2.45, 2.75) is 6.54 Å². The first kappa shape index (κ1) is 17.2. The second-order valence-electron chi connectivity index (χ2n) is 4.62. The molecule has 0 aliphatic rings. The Kier molecular flexibility index (Phi) is 5.27. The van der Waals surface area contributed by atoms with Gasteiger partial charge >= 0.3 is 6.03 Å². The quantitative estimate of drug-likeness (QED) is 0.630. The smallest absolute Gasteiger partial charge is 0.319 e. The van der Waals surface area contributed by atoms with Gasteiger partial charge in [-0.25, -0.2) is 4.79 Å². The summed E-state index contributed by atoms with van der Waals surface area (Å²) in [5.74, 6) is 0. The molecule has 0 saturated carbocycles. The molecule has 2 aromatic rings. The normalized spacial score (nSPS) is 10.0. The number of nitro benzene ring substituents is 2. The highest BCUT2D eigenvalue weighted by Gasteiger charge is 2.15. The zero-order chi connectivity index (χ0) is 17.7. The van der Waals surface area contributed by atoms with Gasteiger partial charge in [0.05, 0.1) is 16.4 Å². The fourth-order valence-electron chi connectivity index (χ4n) is 1.92. The van der Waals surface area contributed by atoms with E-state index in [0.717, 1.165) is 6.07 Å². The van der Waals surface area contributed by atoms with Crippen molar-refractivity contribution >= 4 is 34.7 Å². The third kappa shape index (κ3) is 4.17. The minimum absolute atomic E-state index is 0.0501. The van der Waals surface area contributed by atoms with Crippen molar-refractivity contribution in [1.29, 1.82) is 0 Å². The number of rotatable bonds is 5. The van der Waals surface area contributed by atoms with Crippen molar-refractivity contribution in [1.82, 2.24) is 5.32 Å². The molecular formula is C14H11ClN4O5. The molecule has 0 heterocycles. The number of amides is 2. The lowest BCUT2D eigenvalue weighted by atomic mass is 10.2. The molecule has 0 atom stereocenters. The first-order chi connectivity index (χ1) is 11.4. The Morgan fingerprint density at radius 3 is 2.38 bits per heavy atom. The third-order valence-electron chi connectivity index (χ3n) is 3.03. The molecule has 0 fully saturated rings. The molecule has 2 N–H and O–H groups in total. The number of carbonyl (C=O) groups is 1. The van der Waals surface area contributed by atoms with E-state index >= 15 is 0 Å². The van der Waals surface area contributed by atoms with Crippen LogP contribution >= 0.6 is 11.6 Å². The van der Waals surface area contributed by atoms with Crippen LogP contribution in [0.2, 0.25) is 5.02 Å². The molecule has 0 aliphatic heterocycles. The lowest BCUT2D eigenvalue weighted by Crippen LogP contribution is -2.28. The van der Waals surface area contributed by atoms with Crippen LogP contribution in [0, 0.1) is 20.2 Å². The van der Waals surface area contributed by atoms with Crippen molar-refractivity contribution in [3.8, 4) is 0 Å². The molecule has 24 heavy (non-hydrogen) atoms. The van der Waals surface area contributed by atoms with Crippen LogP contribution in [0.4, 0.5) is 21.9 Å². The fourth-order valence-corrected chi connectivity index (χ4v) is 2.11. The van der Waals surface area contributed by atoms with E-state index in [9.17, 15) is 25.0 Å². The molecule has 0 aliphatic carbocycles. The molecule has 2 amide bonds. The van der Waals surface area contributed by atoms with Crippen molar-refractivity contribution in [2.75, 3.05) is 5.32 Å².